The summed E-state index contributed by atoms with van der Waals surface area (Å²) in [4.78, 5) is 0. The molecule has 0 saturated heterocycles. The van der Waals surface area contributed by atoms with Gasteiger partial charge in [0.1, 0.15) is 5.75 Å². The average molecular weight is 233 g/mol. The van der Waals surface area contributed by atoms with Crippen LogP contribution in [0.4, 0.5) is 0 Å². The van der Waals surface area contributed by atoms with Crippen molar-refractivity contribution < 1.29 is 4.74 Å². The van der Waals surface area contributed by atoms with Gasteiger partial charge < -0.3 is 10.5 Å². The number of methoxy groups -OCH3 is 1. The Morgan fingerprint density at radius 1 is 1.25 bits per heavy atom. The van der Waals surface area contributed by atoms with Crippen molar-refractivity contribution in [1.29, 1.82) is 0 Å². The van der Waals surface area contributed by atoms with Crippen LogP contribution in [0.1, 0.15) is 22.7 Å². The van der Waals surface area contributed by atoms with Gasteiger partial charge in [-0.3, -0.25) is 0 Å². The van der Waals surface area contributed by atoms with E-state index < -0.39 is 0 Å². The fraction of sp³-hybridized carbons (Fsp3) is 0.231. The van der Waals surface area contributed by atoms with Crippen LogP contribution in [0.25, 0.3) is 0 Å². The molecule has 0 saturated carbocycles. The molecular formula is C13H15NOS. The number of thiophene rings is 1. The maximum atomic E-state index is 6.19. The molecule has 3 heteroatoms. The van der Waals surface area contributed by atoms with Gasteiger partial charge in [0.15, 0.2) is 0 Å². The van der Waals surface area contributed by atoms with Crippen molar-refractivity contribution in [3.8, 4) is 5.75 Å². The number of nitrogens with two attached hydrogens (primary N) is 1. The summed E-state index contributed by atoms with van der Waals surface area (Å²) in [6, 6.07) is 8.10. The molecule has 16 heavy (non-hydrogen) atoms. The second-order valence-corrected chi connectivity index (χ2v) is 4.54. The van der Waals surface area contributed by atoms with E-state index in [2.05, 4.69) is 17.5 Å². The van der Waals surface area contributed by atoms with Gasteiger partial charge in [0.2, 0.25) is 0 Å². The number of hydrogen-bond donors (Lipinski definition) is 1. The van der Waals surface area contributed by atoms with Crippen molar-refractivity contribution in [2.75, 3.05) is 7.11 Å². The van der Waals surface area contributed by atoms with Crippen LogP contribution in [0.3, 0.4) is 0 Å². The molecule has 2 aromatic rings. The van der Waals surface area contributed by atoms with Gasteiger partial charge in [-0.25, -0.2) is 0 Å². The molecule has 2 rings (SSSR count). The van der Waals surface area contributed by atoms with E-state index in [1.54, 1.807) is 18.4 Å². The topological polar surface area (TPSA) is 35.2 Å². The quantitative estimate of drug-likeness (QED) is 0.884. The third kappa shape index (κ3) is 2.10. The molecule has 0 fully saturated rings. The highest BCUT2D eigenvalue weighted by Gasteiger charge is 2.10. The lowest BCUT2D eigenvalue weighted by atomic mass is 10.0. The number of aryl methyl sites for hydroxylation is 1. The highest BCUT2D eigenvalue weighted by molar-refractivity contribution is 7.08. The molecule has 84 valence electrons. The van der Waals surface area contributed by atoms with E-state index >= 15 is 0 Å². The van der Waals surface area contributed by atoms with E-state index in [9.17, 15) is 0 Å². The molecule has 0 aliphatic rings. The largest absolute Gasteiger partial charge is 0.496 e. The van der Waals surface area contributed by atoms with E-state index in [4.69, 9.17) is 10.5 Å². The Balaban J connectivity index is 2.34. The summed E-state index contributed by atoms with van der Waals surface area (Å²) in [6.07, 6.45) is 0. The van der Waals surface area contributed by atoms with Crippen molar-refractivity contribution in [2.24, 2.45) is 5.73 Å². The highest BCUT2D eigenvalue weighted by atomic mass is 32.1. The first-order valence-electron chi connectivity index (χ1n) is 5.14. The van der Waals surface area contributed by atoms with Gasteiger partial charge >= 0.3 is 0 Å². The predicted octanol–water partition coefficient (Wildman–Crippen LogP) is 3.11. The maximum absolute atomic E-state index is 6.19. The molecule has 1 aromatic carbocycles. The van der Waals surface area contributed by atoms with Crippen LogP contribution in [-0.2, 0) is 0 Å². The monoisotopic (exact) mass is 233 g/mol. The molecule has 2 nitrogen and oxygen atoms in total. The van der Waals surface area contributed by atoms with Crippen LogP contribution >= 0.6 is 11.3 Å². The Morgan fingerprint density at radius 3 is 2.69 bits per heavy atom. The lowest BCUT2D eigenvalue weighted by molar-refractivity contribution is 0.411. The van der Waals surface area contributed by atoms with Gasteiger partial charge in [-0.2, -0.15) is 11.3 Å². The molecule has 0 aliphatic carbocycles. The van der Waals surface area contributed by atoms with Crippen LogP contribution in [0.5, 0.6) is 5.75 Å². The first-order chi connectivity index (χ1) is 7.72. The zero-order valence-electron chi connectivity index (χ0n) is 9.44. The Kier molecular flexibility index (Phi) is 3.27. The summed E-state index contributed by atoms with van der Waals surface area (Å²) < 4.78 is 5.30. The second kappa shape index (κ2) is 4.68. The van der Waals surface area contributed by atoms with Crippen LogP contribution in [0.15, 0.2) is 35.0 Å². The van der Waals surface area contributed by atoms with E-state index in [0.29, 0.717) is 0 Å². The molecule has 0 unspecified atom stereocenters. The minimum absolute atomic E-state index is 0.0688. The molecule has 0 spiro atoms. The summed E-state index contributed by atoms with van der Waals surface area (Å²) in [5.41, 5.74) is 9.55. The molecule has 1 aromatic heterocycles. The van der Waals surface area contributed by atoms with Gasteiger partial charge in [-0.05, 0) is 46.5 Å². The van der Waals surface area contributed by atoms with Crippen molar-refractivity contribution in [3.63, 3.8) is 0 Å². The zero-order chi connectivity index (χ0) is 11.5. The molecule has 0 aliphatic heterocycles. The number of ether oxygens (including phenoxy) is 1. The number of rotatable bonds is 3. The minimum Gasteiger partial charge on any atom is -0.496 e. The molecule has 1 heterocycles. The molecular weight excluding hydrogens is 218 g/mol. The highest BCUT2D eigenvalue weighted by Crippen LogP contribution is 2.26. The zero-order valence-corrected chi connectivity index (χ0v) is 10.3. The van der Waals surface area contributed by atoms with Crippen molar-refractivity contribution >= 4 is 11.3 Å². The first kappa shape index (κ1) is 11.2. The Bertz CT molecular complexity index is 465. The SMILES string of the molecule is COc1cc([C@H](N)c2ccsc2)ccc1C. The van der Waals surface area contributed by atoms with Gasteiger partial charge in [-0.15, -0.1) is 0 Å². The second-order valence-electron chi connectivity index (χ2n) is 3.76. The number of hydrogen-bond acceptors (Lipinski definition) is 3. The van der Waals surface area contributed by atoms with Crippen LogP contribution in [0, 0.1) is 6.92 Å². The average Bonchev–Trinajstić information content (AvgIpc) is 2.82. The Morgan fingerprint density at radius 2 is 2.06 bits per heavy atom. The molecule has 0 amide bonds. The maximum Gasteiger partial charge on any atom is 0.122 e. The van der Waals surface area contributed by atoms with E-state index in [1.807, 2.05) is 24.4 Å². The first-order valence-corrected chi connectivity index (χ1v) is 6.09. The normalized spacial score (nSPS) is 12.4. The third-order valence-electron chi connectivity index (χ3n) is 2.69. The lowest BCUT2D eigenvalue weighted by Gasteiger charge is -2.13. The van der Waals surface area contributed by atoms with Crippen molar-refractivity contribution in [2.45, 2.75) is 13.0 Å². The summed E-state index contributed by atoms with van der Waals surface area (Å²) >= 11 is 1.66. The fourth-order valence-electron chi connectivity index (χ4n) is 1.67. The molecule has 1 atom stereocenters. The Hall–Kier alpha value is -1.32. The van der Waals surface area contributed by atoms with Gasteiger partial charge in [0.05, 0.1) is 13.2 Å². The summed E-state index contributed by atoms with van der Waals surface area (Å²) in [6.45, 7) is 2.03. The predicted molar refractivity (Wildman–Crippen MR) is 68.1 cm³/mol. The van der Waals surface area contributed by atoms with E-state index in [0.717, 1.165) is 22.4 Å². The van der Waals surface area contributed by atoms with Crippen LogP contribution in [-0.4, -0.2) is 7.11 Å². The number of benzene rings is 1. The van der Waals surface area contributed by atoms with Crippen molar-refractivity contribution in [3.05, 3.63) is 51.7 Å². The molecule has 2 N–H and O–H groups in total. The summed E-state index contributed by atoms with van der Waals surface area (Å²) in [5.74, 6) is 0.892. The standard InChI is InChI=1S/C13H15NOS/c1-9-3-4-10(7-12(9)15-2)13(14)11-5-6-16-8-11/h3-8,13H,14H2,1-2H3/t13-/m0/s1. The van der Waals surface area contributed by atoms with Crippen LogP contribution < -0.4 is 10.5 Å². The third-order valence-corrected chi connectivity index (χ3v) is 3.39. The van der Waals surface area contributed by atoms with Gasteiger partial charge in [0.25, 0.3) is 0 Å². The molecule has 0 bridgehead atoms. The van der Waals surface area contributed by atoms with E-state index in [-0.39, 0.29) is 6.04 Å². The lowest BCUT2D eigenvalue weighted by Crippen LogP contribution is -2.11. The summed E-state index contributed by atoms with van der Waals surface area (Å²) in [5, 5.41) is 4.12. The molecule has 0 radical (unpaired) electrons. The minimum atomic E-state index is -0.0688. The van der Waals surface area contributed by atoms with Gasteiger partial charge in [0, 0.05) is 0 Å². The summed E-state index contributed by atoms with van der Waals surface area (Å²) in [7, 11) is 1.68. The van der Waals surface area contributed by atoms with Gasteiger partial charge in [-0.1, -0.05) is 12.1 Å². The van der Waals surface area contributed by atoms with Crippen LogP contribution in [0.2, 0.25) is 0 Å². The Labute approximate surface area is 99.7 Å². The van der Waals surface area contributed by atoms with E-state index in [1.165, 1.54) is 0 Å². The van der Waals surface area contributed by atoms with Crippen molar-refractivity contribution in [1.82, 2.24) is 0 Å². The fourth-order valence-corrected chi connectivity index (χ4v) is 2.37. The smallest absolute Gasteiger partial charge is 0.122 e.